The van der Waals surface area contributed by atoms with Gasteiger partial charge in [0.15, 0.2) is 0 Å². The standard InChI is InChI=1S/C14H13N3O3/c1-8-5-6-15-12(7-8)17-13(18)11-4-3-10(14(19)20)9(2)16-11/h3-7H,1-2H3,(H,19,20)(H,15,17,18). The van der Waals surface area contributed by atoms with E-state index in [0.29, 0.717) is 11.5 Å². The number of hydrogen-bond acceptors (Lipinski definition) is 4. The van der Waals surface area contributed by atoms with Gasteiger partial charge >= 0.3 is 5.97 Å². The third kappa shape index (κ3) is 2.97. The van der Waals surface area contributed by atoms with E-state index in [1.54, 1.807) is 19.2 Å². The number of carboxylic acid groups (broad SMARTS) is 1. The van der Waals surface area contributed by atoms with Crippen molar-refractivity contribution in [2.24, 2.45) is 0 Å². The molecule has 0 fully saturated rings. The number of anilines is 1. The second-order valence-corrected chi connectivity index (χ2v) is 4.31. The zero-order valence-corrected chi connectivity index (χ0v) is 11.0. The maximum Gasteiger partial charge on any atom is 0.337 e. The van der Waals surface area contributed by atoms with Crippen LogP contribution in [0.2, 0.25) is 0 Å². The third-order valence-corrected chi connectivity index (χ3v) is 2.71. The Morgan fingerprint density at radius 3 is 2.55 bits per heavy atom. The maximum atomic E-state index is 12.0. The van der Waals surface area contributed by atoms with E-state index in [-0.39, 0.29) is 11.3 Å². The highest BCUT2D eigenvalue weighted by atomic mass is 16.4. The van der Waals surface area contributed by atoms with Gasteiger partial charge in [-0.3, -0.25) is 4.79 Å². The molecule has 0 aliphatic carbocycles. The molecule has 6 heteroatoms. The van der Waals surface area contributed by atoms with Crippen LogP contribution < -0.4 is 5.32 Å². The molecule has 6 nitrogen and oxygen atoms in total. The first-order valence-electron chi connectivity index (χ1n) is 5.92. The lowest BCUT2D eigenvalue weighted by Crippen LogP contribution is -2.16. The number of aromatic carboxylic acids is 1. The van der Waals surface area contributed by atoms with E-state index in [0.717, 1.165) is 5.56 Å². The van der Waals surface area contributed by atoms with Gasteiger partial charge in [0.25, 0.3) is 5.91 Å². The Balaban J connectivity index is 2.22. The minimum Gasteiger partial charge on any atom is -0.478 e. The number of carbonyl (C=O) groups excluding carboxylic acids is 1. The molecule has 2 aromatic rings. The minimum absolute atomic E-state index is 0.0789. The number of aromatic nitrogens is 2. The van der Waals surface area contributed by atoms with Crippen LogP contribution in [0.5, 0.6) is 0 Å². The molecule has 0 bridgehead atoms. The molecule has 0 aliphatic rings. The van der Waals surface area contributed by atoms with E-state index >= 15 is 0 Å². The molecule has 20 heavy (non-hydrogen) atoms. The molecule has 0 saturated heterocycles. The Morgan fingerprint density at radius 2 is 1.95 bits per heavy atom. The van der Waals surface area contributed by atoms with Crippen molar-refractivity contribution >= 4 is 17.7 Å². The summed E-state index contributed by atoms with van der Waals surface area (Å²) < 4.78 is 0. The van der Waals surface area contributed by atoms with Crippen molar-refractivity contribution in [3.63, 3.8) is 0 Å². The fourth-order valence-electron chi connectivity index (χ4n) is 1.70. The van der Waals surface area contributed by atoms with Crippen molar-refractivity contribution in [1.82, 2.24) is 9.97 Å². The summed E-state index contributed by atoms with van der Waals surface area (Å²) in [4.78, 5) is 30.9. The van der Waals surface area contributed by atoms with E-state index in [1.807, 2.05) is 13.0 Å². The van der Waals surface area contributed by atoms with Gasteiger partial charge in [0.05, 0.1) is 11.3 Å². The number of hydrogen-bond donors (Lipinski definition) is 2. The van der Waals surface area contributed by atoms with Crippen molar-refractivity contribution < 1.29 is 14.7 Å². The average molecular weight is 271 g/mol. The second kappa shape index (κ2) is 5.48. The highest BCUT2D eigenvalue weighted by Crippen LogP contribution is 2.10. The summed E-state index contributed by atoms with van der Waals surface area (Å²) in [5, 5.41) is 11.5. The van der Waals surface area contributed by atoms with Crippen LogP contribution in [-0.4, -0.2) is 27.0 Å². The predicted octanol–water partition coefficient (Wildman–Crippen LogP) is 2.04. The van der Waals surface area contributed by atoms with E-state index in [4.69, 9.17) is 5.11 Å². The first-order valence-corrected chi connectivity index (χ1v) is 5.92. The van der Waals surface area contributed by atoms with Crippen molar-refractivity contribution in [2.45, 2.75) is 13.8 Å². The highest BCUT2D eigenvalue weighted by Gasteiger charge is 2.13. The number of aryl methyl sites for hydroxylation is 2. The van der Waals surface area contributed by atoms with Crippen LogP contribution in [-0.2, 0) is 0 Å². The predicted molar refractivity (Wildman–Crippen MR) is 72.9 cm³/mol. The molecule has 2 aromatic heterocycles. The number of nitrogens with one attached hydrogen (secondary N) is 1. The summed E-state index contributed by atoms with van der Waals surface area (Å²) in [6.45, 7) is 3.44. The Morgan fingerprint density at radius 1 is 1.20 bits per heavy atom. The normalized spacial score (nSPS) is 10.1. The van der Waals surface area contributed by atoms with Gasteiger partial charge in [0, 0.05) is 6.20 Å². The van der Waals surface area contributed by atoms with Crippen molar-refractivity contribution in [2.75, 3.05) is 5.32 Å². The molecule has 0 spiro atoms. The van der Waals surface area contributed by atoms with Gasteiger partial charge in [0.2, 0.25) is 0 Å². The van der Waals surface area contributed by atoms with Crippen LogP contribution in [0.1, 0.15) is 32.1 Å². The van der Waals surface area contributed by atoms with E-state index in [2.05, 4.69) is 15.3 Å². The SMILES string of the molecule is Cc1ccnc(NC(=O)c2ccc(C(=O)O)c(C)n2)c1. The molecule has 0 aliphatic heterocycles. The number of carboxylic acids is 1. The Bertz CT molecular complexity index is 683. The van der Waals surface area contributed by atoms with Crippen LogP contribution in [0.25, 0.3) is 0 Å². The fraction of sp³-hybridized carbons (Fsp3) is 0.143. The number of pyridine rings is 2. The van der Waals surface area contributed by atoms with Gasteiger partial charge in [-0.1, -0.05) is 0 Å². The van der Waals surface area contributed by atoms with Crippen LogP contribution in [0, 0.1) is 13.8 Å². The van der Waals surface area contributed by atoms with Gasteiger partial charge in [-0.15, -0.1) is 0 Å². The lowest BCUT2D eigenvalue weighted by atomic mass is 10.2. The van der Waals surface area contributed by atoms with Crippen molar-refractivity contribution in [3.05, 3.63) is 53.0 Å². The number of carbonyl (C=O) groups is 2. The van der Waals surface area contributed by atoms with Gasteiger partial charge < -0.3 is 10.4 Å². The zero-order chi connectivity index (χ0) is 14.7. The second-order valence-electron chi connectivity index (χ2n) is 4.31. The number of amides is 1. The van der Waals surface area contributed by atoms with Crippen molar-refractivity contribution in [3.8, 4) is 0 Å². The molecule has 0 unspecified atom stereocenters. The average Bonchev–Trinajstić information content (AvgIpc) is 2.38. The Kier molecular flexibility index (Phi) is 3.74. The summed E-state index contributed by atoms with van der Waals surface area (Å²) in [5.41, 5.74) is 1.49. The first-order chi connectivity index (χ1) is 9.47. The minimum atomic E-state index is -1.07. The molecule has 0 radical (unpaired) electrons. The molecule has 102 valence electrons. The summed E-state index contributed by atoms with van der Waals surface area (Å²) in [6.07, 6.45) is 1.59. The number of rotatable bonds is 3. The Hall–Kier alpha value is -2.76. The monoisotopic (exact) mass is 271 g/mol. The van der Waals surface area contributed by atoms with E-state index in [1.165, 1.54) is 12.1 Å². The Labute approximate surface area is 115 Å². The zero-order valence-electron chi connectivity index (χ0n) is 11.0. The molecule has 0 atom stereocenters. The van der Waals surface area contributed by atoms with Gasteiger partial charge in [-0.2, -0.15) is 0 Å². The summed E-state index contributed by atoms with van der Waals surface area (Å²) in [5.74, 6) is -1.07. The molecule has 0 saturated carbocycles. The largest absolute Gasteiger partial charge is 0.478 e. The summed E-state index contributed by atoms with van der Waals surface area (Å²) >= 11 is 0. The molecule has 2 heterocycles. The third-order valence-electron chi connectivity index (χ3n) is 2.71. The van der Waals surface area contributed by atoms with E-state index in [9.17, 15) is 9.59 Å². The molecule has 0 aromatic carbocycles. The topological polar surface area (TPSA) is 92.2 Å². The summed E-state index contributed by atoms with van der Waals surface area (Å²) in [7, 11) is 0. The van der Waals surface area contributed by atoms with Gasteiger partial charge in [0.1, 0.15) is 11.5 Å². The molecule has 1 amide bonds. The highest BCUT2D eigenvalue weighted by molar-refractivity contribution is 6.02. The van der Waals surface area contributed by atoms with Crippen LogP contribution in [0.4, 0.5) is 5.82 Å². The molecule has 2 rings (SSSR count). The molecular weight excluding hydrogens is 258 g/mol. The first kappa shape index (κ1) is 13.7. The summed E-state index contributed by atoms with van der Waals surface area (Å²) in [6, 6.07) is 6.29. The lowest BCUT2D eigenvalue weighted by molar-refractivity contribution is 0.0695. The van der Waals surface area contributed by atoms with Crippen LogP contribution in [0.3, 0.4) is 0 Å². The van der Waals surface area contributed by atoms with Gasteiger partial charge in [-0.05, 0) is 43.7 Å². The maximum absolute atomic E-state index is 12.0. The quantitative estimate of drug-likeness (QED) is 0.891. The number of nitrogens with zero attached hydrogens (tertiary/aromatic N) is 2. The fourth-order valence-corrected chi connectivity index (χ4v) is 1.70. The van der Waals surface area contributed by atoms with E-state index < -0.39 is 11.9 Å². The van der Waals surface area contributed by atoms with Crippen molar-refractivity contribution in [1.29, 1.82) is 0 Å². The van der Waals surface area contributed by atoms with Crippen LogP contribution in [0.15, 0.2) is 30.5 Å². The molecular formula is C14H13N3O3. The molecule has 2 N–H and O–H groups in total. The smallest absolute Gasteiger partial charge is 0.337 e. The van der Waals surface area contributed by atoms with Gasteiger partial charge in [-0.25, -0.2) is 14.8 Å². The lowest BCUT2D eigenvalue weighted by Gasteiger charge is -2.06. The van der Waals surface area contributed by atoms with Crippen LogP contribution >= 0.6 is 0 Å².